The van der Waals surface area contributed by atoms with Crippen LogP contribution < -0.4 is 11.2 Å². The molecule has 20 heavy (non-hydrogen) atoms. The molecule has 0 aliphatic rings. The number of aromatic nitrogens is 4. The van der Waals surface area contributed by atoms with Crippen LogP contribution in [0.4, 0.5) is 0 Å². The molecule has 110 valence electrons. The van der Waals surface area contributed by atoms with Gasteiger partial charge in [0.05, 0.1) is 6.33 Å². The molecule has 7 nitrogen and oxygen atoms in total. The Morgan fingerprint density at radius 1 is 1.30 bits per heavy atom. The summed E-state index contributed by atoms with van der Waals surface area (Å²) >= 11 is 0. The largest absolute Gasteiger partial charge is 0.373 e. The summed E-state index contributed by atoms with van der Waals surface area (Å²) < 4.78 is 3.77. The van der Waals surface area contributed by atoms with Crippen molar-refractivity contribution in [3.8, 4) is 0 Å². The number of nitrogens with zero attached hydrogens (tertiary/aromatic N) is 4. The molecule has 0 fully saturated rings. The number of aliphatic hydroxyl groups is 1. The van der Waals surface area contributed by atoms with Crippen molar-refractivity contribution in [3.63, 3.8) is 0 Å². The first-order valence-electron chi connectivity index (χ1n) is 6.79. The van der Waals surface area contributed by atoms with E-state index in [4.69, 9.17) is 0 Å². The Morgan fingerprint density at radius 3 is 2.65 bits per heavy atom. The minimum absolute atomic E-state index is 0.321. The summed E-state index contributed by atoms with van der Waals surface area (Å²) in [5.41, 5.74) is -0.376. The molecule has 2 aromatic rings. The van der Waals surface area contributed by atoms with Crippen LogP contribution in [0, 0.1) is 0 Å². The molecule has 0 amide bonds. The predicted molar refractivity (Wildman–Crippen MR) is 75.6 cm³/mol. The molecule has 0 radical (unpaired) electrons. The minimum Gasteiger partial charge on any atom is -0.373 e. The highest BCUT2D eigenvalue weighted by molar-refractivity contribution is 5.69. The Balaban J connectivity index is 2.56. The molecular formula is C13H20N4O3. The molecule has 0 bridgehead atoms. The predicted octanol–water partition coefficient (Wildman–Crippen LogP) is 0.505. The molecule has 2 heterocycles. The topological polar surface area (TPSA) is 82.1 Å². The van der Waals surface area contributed by atoms with Gasteiger partial charge >= 0.3 is 5.69 Å². The highest BCUT2D eigenvalue weighted by Gasteiger charge is 2.19. The molecule has 2 rings (SSSR count). The van der Waals surface area contributed by atoms with Crippen LogP contribution in [0.2, 0.25) is 0 Å². The first-order valence-corrected chi connectivity index (χ1v) is 6.79. The molecular weight excluding hydrogens is 260 g/mol. The van der Waals surface area contributed by atoms with Gasteiger partial charge in [-0.3, -0.25) is 9.36 Å². The second kappa shape index (κ2) is 5.62. The summed E-state index contributed by atoms with van der Waals surface area (Å²) in [6, 6.07) is 0. The maximum Gasteiger partial charge on any atom is 0.334 e. The van der Waals surface area contributed by atoms with Gasteiger partial charge in [0.15, 0.2) is 11.2 Å². The van der Waals surface area contributed by atoms with Crippen molar-refractivity contribution in [3.05, 3.63) is 27.2 Å². The van der Waals surface area contributed by atoms with Gasteiger partial charge < -0.3 is 9.67 Å². The SMILES string of the molecule is CCCCC[C@H](O)n1c(=O)c2c(ncn2C)n(C)c1=O. The fourth-order valence-corrected chi connectivity index (χ4v) is 2.33. The highest BCUT2D eigenvalue weighted by Crippen LogP contribution is 2.11. The van der Waals surface area contributed by atoms with E-state index in [1.807, 2.05) is 0 Å². The third-order valence-electron chi connectivity index (χ3n) is 3.51. The quantitative estimate of drug-likeness (QED) is 0.809. The Bertz CT molecular complexity index is 726. The fourth-order valence-electron chi connectivity index (χ4n) is 2.33. The summed E-state index contributed by atoms with van der Waals surface area (Å²) in [6.45, 7) is 2.05. The van der Waals surface area contributed by atoms with Crippen LogP contribution in [0.3, 0.4) is 0 Å². The van der Waals surface area contributed by atoms with Gasteiger partial charge in [-0.2, -0.15) is 0 Å². The van der Waals surface area contributed by atoms with Crippen LogP contribution in [-0.2, 0) is 14.1 Å². The van der Waals surface area contributed by atoms with E-state index >= 15 is 0 Å². The van der Waals surface area contributed by atoms with Crippen LogP contribution in [0.15, 0.2) is 15.9 Å². The molecule has 0 aromatic carbocycles. The standard InChI is InChI=1S/C13H20N4O3/c1-4-5-6-7-9(18)17-12(19)10-11(14-8-15(10)2)16(3)13(17)20/h8-9,18H,4-7H2,1-3H3/t9-/m0/s1. The lowest BCUT2D eigenvalue weighted by atomic mass is 10.2. The second-order valence-corrected chi connectivity index (χ2v) is 5.02. The molecule has 1 N–H and O–H groups in total. The van der Waals surface area contributed by atoms with Gasteiger partial charge in [0, 0.05) is 14.1 Å². The van der Waals surface area contributed by atoms with Gasteiger partial charge in [-0.15, -0.1) is 0 Å². The maximum atomic E-state index is 12.4. The summed E-state index contributed by atoms with van der Waals surface area (Å²) in [5.74, 6) is 0. The second-order valence-electron chi connectivity index (χ2n) is 5.02. The van der Waals surface area contributed by atoms with E-state index in [1.165, 1.54) is 10.9 Å². The van der Waals surface area contributed by atoms with E-state index in [1.54, 1.807) is 18.7 Å². The molecule has 0 saturated heterocycles. The van der Waals surface area contributed by atoms with Crippen molar-refractivity contribution in [1.29, 1.82) is 0 Å². The Kier molecular flexibility index (Phi) is 4.08. The van der Waals surface area contributed by atoms with E-state index in [0.717, 1.165) is 23.8 Å². The zero-order valence-electron chi connectivity index (χ0n) is 12.0. The molecule has 0 aliphatic carbocycles. The van der Waals surface area contributed by atoms with Crippen molar-refractivity contribution in [2.75, 3.05) is 0 Å². The maximum absolute atomic E-state index is 12.4. The average Bonchev–Trinajstić information content (AvgIpc) is 2.79. The van der Waals surface area contributed by atoms with Crippen LogP contribution >= 0.6 is 0 Å². The number of imidazole rings is 1. The van der Waals surface area contributed by atoms with Crippen LogP contribution in [0.5, 0.6) is 0 Å². The van der Waals surface area contributed by atoms with Crippen LogP contribution in [0.1, 0.15) is 38.8 Å². The smallest absolute Gasteiger partial charge is 0.334 e. The average molecular weight is 280 g/mol. The van der Waals surface area contributed by atoms with Crippen molar-refractivity contribution < 1.29 is 5.11 Å². The monoisotopic (exact) mass is 280 g/mol. The lowest BCUT2D eigenvalue weighted by Crippen LogP contribution is -2.42. The zero-order valence-corrected chi connectivity index (χ0v) is 12.0. The van der Waals surface area contributed by atoms with Crippen LogP contribution in [0.25, 0.3) is 11.2 Å². The molecule has 0 aliphatic heterocycles. The third kappa shape index (κ3) is 2.29. The number of hydrogen-bond acceptors (Lipinski definition) is 4. The zero-order chi connectivity index (χ0) is 14.9. The van der Waals surface area contributed by atoms with Gasteiger partial charge in [0.25, 0.3) is 5.56 Å². The van der Waals surface area contributed by atoms with Crippen LogP contribution in [-0.4, -0.2) is 23.8 Å². The summed E-state index contributed by atoms with van der Waals surface area (Å²) in [4.78, 5) is 28.6. The van der Waals surface area contributed by atoms with Gasteiger partial charge in [0.1, 0.15) is 6.23 Å². The third-order valence-corrected chi connectivity index (χ3v) is 3.51. The van der Waals surface area contributed by atoms with E-state index in [2.05, 4.69) is 11.9 Å². The first kappa shape index (κ1) is 14.5. The van der Waals surface area contributed by atoms with Gasteiger partial charge in [-0.25, -0.2) is 14.3 Å². The highest BCUT2D eigenvalue weighted by atomic mass is 16.3. The van der Waals surface area contributed by atoms with Crippen molar-refractivity contribution in [2.45, 2.75) is 38.8 Å². The van der Waals surface area contributed by atoms with Gasteiger partial charge in [-0.1, -0.05) is 19.8 Å². The van der Waals surface area contributed by atoms with E-state index in [9.17, 15) is 14.7 Å². The number of hydrogen-bond donors (Lipinski definition) is 1. The molecule has 1 atom stereocenters. The van der Waals surface area contributed by atoms with Gasteiger partial charge in [0.2, 0.25) is 0 Å². The molecule has 0 spiro atoms. The number of aryl methyl sites for hydroxylation is 2. The molecule has 2 aromatic heterocycles. The minimum atomic E-state index is -1.09. The number of rotatable bonds is 5. The lowest BCUT2D eigenvalue weighted by Gasteiger charge is -2.14. The van der Waals surface area contributed by atoms with E-state index < -0.39 is 17.5 Å². The summed E-state index contributed by atoms with van der Waals surface area (Å²) in [7, 11) is 3.24. The van der Waals surface area contributed by atoms with E-state index in [0.29, 0.717) is 17.6 Å². The normalized spacial score (nSPS) is 13.0. The lowest BCUT2D eigenvalue weighted by molar-refractivity contribution is 0.0825. The molecule has 0 saturated carbocycles. The first-order chi connectivity index (χ1) is 9.49. The van der Waals surface area contributed by atoms with Crippen molar-refractivity contribution >= 4 is 11.2 Å². The molecule has 0 unspecified atom stereocenters. The number of fused-ring (bicyclic) bond motifs is 1. The molecule has 7 heteroatoms. The van der Waals surface area contributed by atoms with Crippen molar-refractivity contribution in [1.82, 2.24) is 18.7 Å². The Morgan fingerprint density at radius 2 is 2.00 bits per heavy atom. The fraction of sp³-hybridized carbons (Fsp3) is 0.615. The van der Waals surface area contributed by atoms with Gasteiger partial charge in [-0.05, 0) is 12.8 Å². The summed E-state index contributed by atoms with van der Waals surface area (Å²) in [6.07, 6.45) is 3.54. The van der Waals surface area contributed by atoms with E-state index in [-0.39, 0.29) is 0 Å². The Labute approximate surface area is 116 Å². The van der Waals surface area contributed by atoms with Crippen molar-refractivity contribution in [2.24, 2.45) is 14.1 Å². The number of unbranched alkanes of at least 4 members (excludes halogenated alkanes) is 2. The summed E-state index contributed by atoms with van der Waals surface area (Å²) in [5, 5.41) is 10.1. The number of aliphatic hydroxyl groups excluding tert-OH is 1. The Hall–Kier alpha value is -1.89.